The Labute approximate surface area is 98.4 Å². The monoisotopic (exact) mass is 244 g/mol. The summed E-state index contributed by atoms with van der Waals surface area (Å²) >= 11 is 0. The van der Waals surface area contributed by atoms with Gasteiger partial charge >= 0.3 is 0 Å². The first-order valence-corrected chi connectivity index (χ1v) is 4.87. The van der Waals surface area contributed by atoms with E-state index in [0.717, 1.165) is 4.90 Å². The number of aliphatic hydroxyl groups excluding tert-OH is 3. The Hall–Kier alpha value is -1.71. The first-order valence-electron chi connectivity index (χ1n) is 4.87. The molecule has 0 amide bonds. The minimum Gasteiger partial charge on any atom is -0.376 e. The lowest BCUT2D eigenvalue weighted by Gasteiger charge is -2.19. The van der Waals surface area contributed by atoms with Gasteiger partial charge in [0, 0.05) is 14.1 Å². The Morgan fingerprint density at radius 3 is 2.06 bits per heavy atom. The second kappa shape index (κ2) is 6.13. The summed E-state index contributed by atoms with van der Waals surface area (Å²) in [5, 5.41) is 29.3. The molecule has 9 nitrogen and oxygen atoms in total. The second-order valence-corrected chi connectivity index (χ2v) is 3.31. The average Bonchev–Trinajstić information content (AvgIpc) is 2.31. The van der Waals surface area contributed by atoms with E-state index in [2.05, 4.69) is 20.3 Å². The van der Waals surface area contributed by atoms with Gasteiger partial charge in [0.1, 0.15) is 20.2 Å². The molecule has 0 saturated carbocycles. The number of aliphatic hydroxyl groups is 3. The number of nitrogens with zero attached hydrogens (tertiary/aromatic N) is 5. The molecule has 4 N–H and O–H groups in total. The summed E-state index contributed by atoms with van der Waals surface area (Å²) in [5.74, 6) is 0.621. The Balaban J connectivity index is 3.10. The predicted octanol–water partition coefficient (Wildman–Crippen LogP) is -1.99. The summed E-state index contributed by atoms with van der Waals surface area (Å²) < 4.78 is 0. The molecule has 9 heteroatoms. The minimum atomic E-state index is -0.425. The quantitative estimate of drug-likeness (QED) is 0.421. The Bertz CT molecular complexity index is 357. The molecule has 0 aromatic carbocycles. The molecule has 0 aliphatic carbocycles. The molecule has 0 bridgehead atoms. The molecule has 0 atom stereocenters. The molecule has 1 aromatic heterocycles. The van der Waals surface area contributed by atoms with Gasteiger partial charge in [0.05, 0.1) is 0 Å². The van der Waals surface area contributed by atoms with Crippen LogP contribution in [0.1, 0.15) is 0 Å². The SMILES string of the molecule is CN(C)c1nc(NCO)nc(N(CO)CO)n1. The fourth-order valence-corrected chi connectivity index (χ4v) is 1.02. The van der Waals surface area contributed by atoms with Gasteiger partial charge in [-0.15, -0.1) is 0 Å². The van der Waals surface area contributed by atoms with Crippen LogP contribution in [0.3, 0.4) is 0 Å². The highest BCUT2D eigenvalue weighted by molar-refractivity contribution is 5.43. The molecular weight excluding hydrogens is 228 g/mol. The molecule has 1 rings (SSSR count). The van der Waals surface area contributed by atoms with Crippen molar-refractivity contribution in [3.8, 4) is 0 Å². The van der Waals surface area contributed by atoms with Crippen molar-refractivity contribution in [2.24, 2.45) is 0 Å². The van der Waals surface area contributed by atoms with Gasteiger partial charge in [0.25, 0.3) is 0 Å². The maximum atomic E-state index is 9.01. The summed E-state index contributed by atoms with van der Waals surface area (Å²) in [4.78, 5) is 14.8. The second-order valence-electron chi connectivity index (χ2n) is 3.31. The summed E-state index contributed by atoms with van der Waals surface area (Å²) in [6.07, 6.45) is 0. The lowest BCUT2D eigenvalue weighted by atomic mass is 10.7. The summed E-state index contributed by atoms with van der Waals surface area (Å²) in [6.45, 7) is -1.17. The molecule has 0 radical (unpaired) electrons. The van der Waals surface area contributed by atoms with Crippen molar-refractivity contribution in [2.75, 3.05) is 49.4 Å². The normalized spacial score (nSPS) is 10.2. The van der Waals surface area contributed by atoms with E-state index in [0.29, 0.717) is 5.95 Å². The molecule has 0 spiro atoms. The number of nitrogens with one attached hydrogen (secondary N) is 1. The molecule has 1 aromatic rings. The van der Waals surface area contributed by atoms with E-state index >= 15 is 0 Å². The van der Waals surface area contributed by atoms with E-state index in [1.54, 1.807) is 19.0 Å². The Morgan fingerprint density at radius 2 is 1.59 bits per heavy atom. The fraction of sp³-hybridized carbons (Fsp3) is 0.625. The number of anilines is 3. The van der Waals surface area contributed by atoms with Gasteiger partial charge in [-0.05, 0) is 0 Å². The molecule has 0 saturated heterocycles. The van der Waals surface area contributed by atoms with Crippen molar-refractivity contribution >= 4 is 17.8 Å². The van der Waals surface area contributed by atoms with E-state index in [1.165, 1.54) is 0 Å². The lowest BCUT2D eigenvalue weighted by molar-refractivity contribution is 0.220. The van der Waals surface area contributed by atoms with Gasteiger partial charge in [-0.25, -0.2) is 0 Å². The van der Waals surface area contributed by atoms with Crippen LogP contribution in [-0.4, -0.2) is 64.6 Å². The van der Waals surface area contributed by atoms with Crippen LogP contribution in [0.2, 0.25) is 0 Å². The third-order valence-electron chi connectivity index (χ3n) is 1.87. The zero-order valence-corrected chi connectivity index (χ0v) is 9.70. The van der Waals surface area contributed by atoms with Crippen LogP contribution < -0.4 is 15.1 Å². The zero-order chi connectivity index (χ0) is 12.8. The van der Waals surface area contributed by atoms with Gasteiger partial charge < -0.3 is 25.5 Å². The van der Waals surface area contributed by atoms with Crippen LogP contribution in [-0.2, 0) is 0 Å². The first kappa shape index (κ1) is 13.4. The third-order valence-corrected chi connectivity index (χ3v) is 1.87. The van der Waals surface area contributed by atoms with E-state index < -0.39 is 13.5 Å². The number of aromatic nitrogens is 3. The minimum absolute atomic E-state index is 0.115. The zero-order valence-electron chi connectivity index (χ0n) is 9.70. The van der Waals surface area contributed by atoms with Crippen LogP contribution in [0.25, 0.3) is 0 Å². The smallest absolute Gasteiger partial charge is 0.235 e. The van der Waals surface area contributed by atoms with Crippen LogP contribution in [0.15, 0.2) is 0 Å². The number of rotatable bonds is 6. The van der Waals surface area contributed by atoms with Gasteiger partial charge in [-0.1, -0.05) is 0 Å². The van der Waals surface area contributed by atoms with Crippen molar-refractivity contribution in [1.82, 2.24) is 15.0 Å². The average molecular weight is 244 g/mol. The third kappa shape index (κ3) is 3.37. The van der Waals surface area contributed by atoms with Crippen molar-refractivity contribution in [2.45, 2.75) is 0 Å². The molecule has 0 unspecified atom stereocenters. The molecular formula is C8H16N6O3. The predicted molar refractivity (Wildman–Crippen MR) is 61.5 cm³/mol. The largest absolute Gasteiger partial charge is 0.376 e. The van der Waals surface area contributed by atoms with Crippen molar-refractivity contribution in [3.05, 3.63) is 0 Å². The summed E-state index contributed by atoms with van der Waals surface area (Å²) in [6, 6.07) is 0. The molecule has 96 valence electrons. The highest BCUT2D eigenvalue weighted by Gasteiger charge is 2.12. The summed E-state index contributed by atoms with van der Waals surface area (Å²) in [5.41, 5.74) is 0. The van der Waals surface area contributed by atoms with Crippen molar-refractivity contribution in [3.63, 3.8) is 0 Å². The molecule has 0 aliphatic rings. The van der Waals surface area contributed by atoms with Crippen molar-refractivity contribution < 1.29 is 15.3 Å². The van der Waals surface area contributed by atoms with E-state index in [-0.39, 0.29) is 18.6 Å². The standard InChI is InChI=1S/C8H16N6O3/c1-13(2)7-10-6(9-3-15)11-8(12-7)14(4-16)5-17/h15-17H,3-5H2,1-2H3,(H,9,10,11,12). The topological polar surface area (TPSA) is 118 Å². The van der Waals surface area contributed by atoms with Gasteiger partial charge in [0.15, 0.2) is 0 Å². The van der Waals surface area contributed by atoms with Crippen LogP contribution >= 0.6 is 0 Å². The lowest BCUT2D eigenvalue weighted by Crippen LogP contribution is -2.28. The number of hydrogen-bond donors (Lipinski definition) is 4. The molecule has 0 aliphatic heterocycles. The van der Waals surface area contributed by atoms with E-state index in [1.807, 2.05) is 0 Å². The molecule has 1 heterocycles. The highest BCUT2D eigenvalue weighted by atomic mass is 16.3. The molecule has 17 heavy (non-hydrogen) atoms. The maximum absolute atomic E-state index is 9.01. The Morgan fingerprint density at radius 1 is 1.00 bits per heavy atom. The van der Waals surface area contributed by atoms with Gasteiger partial charge in [-0.3, -0.25) is 4.90 Å². The molecule has 0 fully saturated rings. The summed E-state index contributed by atoms with van der Waals surface area (Å²) in [7, 11) is 3.48. The van der Waals surface area contributed by atoms with E-state index in [9.17, 15) is 0 Å². The first-order chi connectivity index (χ1) is 8.12. The van der Waals surface area contributed by atoms with Crippen LogP contribution in [0.4, 0.5) is 17.8 Å². The number of hydrogen-bond acceptors (Lipinski definition) is 9. The Kier molecular flexibility index (Phi) is 4.82. The van der Waals surface area contributed by atoms with Gasteiger partial charge in [-0.2, -0.15) is 15.0 Å². The van der Waals surface area contributed by atoms with Crippen LogP contribution in [0, 0.1) is 0 Å². The fourth-order valence-electron chi connectivity index (χ4n) is 1.02. The van der Waals surface area contributed by atoms with E-state index in [4.69, 9.17) is 15.3 Å². The van der Waals surface area contributed by atoms with Crippen LogP contribution in [0.5, 0.6) is 0 Å². The van der Waals surface area contributed by atoms with Crippen molar-refractivity contribution in [1.29, 1.82) is 0 Å². The van der Waals surface area contributed by atoms with Gasteiger partial charge in [0.2, 0.25) is 17.8 Å². The highest BCUT2D eigenvalue weighted by Crippen LogP contribution is 2.14. The maximum Gasteiger partial charge on any atom is 0.235 e.